The second kappa shape index (κ2) is 7.88. The molecule has 0 saturated heterocycles. The number of alkyl halides is 4. The van der Waals surface area contributed by atoms with E-state index in [-0.39, 0.29) is 13.2 Å². The summed E-state index contributed by atoms with van der Waals surface area (Å²) in [6.45, 7) is 1.80. The summed E-state index contributed by atoms with van der Waals surface area (Å²) in [4.78, 5) is 11.0. The lowest BCUT2D eigenvalue weighted by molar-refractivity contribution is -0.122. The first-order valence-corrected chi connectivity index (χ1v) is 7.76. The second-order valence-electron chi connectivity index (χ2n) is 3.02. The highest BCUT2D eigenvalue weighted by Gasteiger charge is 2.49. The third-order valence-electron chi connectivity index (χ3n) is 1.66. The molecule has 0 rings (SSSR count). The van der Waals surface area contributed by atoms with Gasteiger partial charge >= 0.3 is 7.60 Å². The van der Waals surface area contributed by atoms with Gasteiger partial charge in [-0.3, -0.25) is 9.36 Å². The summed E-state index contributed by atoms with van der Waals surface area (Å²) < 4.78 is 32.3. The quantitative estimate of drug-likeness (QED) is 0.569. The number of carbonyl (C=O) groups excluding carboxylic acids is 1. The maximum atomic E-state index is 12.4. The molecule has 0 bridgehead atoms. The van der Waals surface area contributed by atoms with E-state index in [0.717, 1.165) is 0 Å². The summed E-state index contributed by atoms with van der Waals surface area (Å²) in [5.41, 5.74) is 0. The van der Waals surface area contributed by atoms with Gasteiger partial charge in [-0.2, -0.15) is 0 Å². The third kappa shape index (κ3) is 5.59. The van der Waals surface area contributed by atoms with Crippen LogP contribution in [0, 0.1) is 0 Å². The summed E-state index contributed by atoms with van der Waals surface area (Å²) in [6.07, 6.45) is 0. The maximum Gasteiger partial charge on any atom is 0.357 e. The molecule has 10 heteroatoms. The average molecular weight is 345 g/mol. The minimum atomic E-state index is -3.91. The van der Waals surface area contributed by atoms with Crippen molar-refractivity contribution in [1.29, 1.82) is 0 Å². The van der Waals surface area contributed by atoms with E-state index in [1.807, 2.05) is 5.32 Å². The first kappa shape index (κ1) is 18.4. The van der Waals surface area contributed by atoms with Crippen molar-refractivity contribution >= 4 is 48.3 Å². The zero-order valence-corrected chi connectivity index (χ0v) is 13.0. The molecule has 0 aliphatic carbocycles. The molecule has 1 unspecified atom stereocenters. The van der Waals surface area contributed by atoms with Gasteiger partial charge in [0.15, 0.2) is 12.5 Å². The zero-order valence-electron chi connectivity index (χ0n) is 9.79. The lowest BCUT2D eigenvalue weighted by Crippen LogP contribution is -2.45. The van der Waals surface area contributed by atoms with Crippen LogP contribution in [-0.2, 0) is 18.4 Å². The topological polar surface area (TPSA) is 64.6 Å². The van der Waals surface area contributed by atoms with Gasteiger partial charge in [0.25, 0.3) is 5.91 Å². The van der Waals surface area contributed by atoms with Crippen molar-refractivity contribution in [3.05, 3.63) is 0 Å². The Kier molecular flexibility index (Phi) is 8.06. The van der Waals surface area contributed by atoms with Gasteiger partial charge in [-0.25, -0.2) is 4.39 Å². The molecule has 0 aromatic heterocycles. The van der Waals surface area contributed by atoms with E-state index in [4.69, 9.17) is 43.9 Å². The maximum absolute atomic E-state index is 12.4. The fourth-order valence-corrected chi connectivity index (χ4v) is 4.07. The Morgan fingerprint density at radius 2 is 1.78 bits per heavy atom. The monoisotopic (exact) mass is 343 g/mol. The molecule has 0 saturated carbocycles. The highest BCUT2D eigenvalue weighted by Crippen LogP contribution is 2.58. The Balaban J connectivity index is 5.24. The Bertz CT molecular complexity index is 316. The van der Waals surface area contributed by atoms with Crippen LogP contribution in [0.15, 0.2) is 0 Å². The smallest absolute Gasteiger partial charge is 0.336 e. The van der Waals surface area contributed by atoms with E-state index in [0.29, 0.717) is 0 Å². The van der Waals surface area contributed by atoms with Gasteiger partial charge in [0.2, 0.25) is 3.79 Å². The molecule has 5 nitrogen and oxygen atoms in total. The van der Waals surface area contributed by atoms with Crippen molar-refractivity contribution in [2.45, 2.75) is 23.4 Å². The molecular formula is C8H14Cl3FNO4P. The Hall–Kier alpha value is 0.420. The normalized spacial score (nSPS) is 14.3. The number of halogens is 4. The van der Waals surface area contributed by atoms with Crippen LogP contribution in [0.25, 0.3) is 0 Å². The van der Waals surface area contributed by atoms with Crippen molar-refractivity contribution in [1.82, 2.24) is 5.32 Å². The molecule has 0 aliphatic rings. The molecule has 0 spiro atoms. The number of hydrogen-bond donors (Lipinski definition) is 1. The zero-order chi connectivity index (χ0) is 14.4. The van der Waals surface area contributed by atoms with Crippen molar-refractivity contribution in [2.24, 2.45) is 0 Å². The van der Waals surface area contributed by atoms with Crippen molar-refractivity contribution in [3.63, 3.8) is 0 Å². The van der Waals surface area contributed by atoms with Gasteiger partial charge in [-0.15, -0.1) is 0 Å². The minimum Gasteiger partial charge on any atom is -0.336 e. The molecule has 0 aliphatic heterocycles. The molecule has 0 fully saturated rings. The molecule has 0 radical (unpaired) electrons. The third-order valence-corrected chi connectivity index (χ3v) is 5.16. The van der Waals surface area contributed by atoms with E-state index in [9.17, 15) is 13.8 Å². The van der Waals surface area contributed by atoms with E-state index in [1.54, 1.807) is 13.8 Å². The van der Waals surface area contributed by atoms with Crippen LogP contribution in [0.2, 0.25) is 0 Å². The van der Waals surface area contributed by atoms with Crippen LogP contribution < -0.4 is 5.32 Å². The molecule has 0 aromatic carbocycles. The van der Waals surface area contributed by atoms with Gasteiger partial charge in [-0.05, 0) is 13.8 Å². The number of hydrogen-bond acceptors (Lipinski definition) is 4. The van der Waals surface area contributed by atoms with E-state index in [1.165, 1.54) is 0 Å². The standard InChI is InChI=1S/C8H14Cl3FNO4P/c1-3-16-18(15,17-4-2)7(8(9,10)11)13-6(14)5-12/h7H,3-5H2,1-2H3,(H,13,14). The summed E-state index contributed by atoms with van der Waals surface area (Å²) in [6, 6.07) is 0. The molecule has 0 heterocycles. The predicted octanol–water partition coefficient (Wildman–Crippen LogP) is 3.03. The summed E-state index contributed by atoms with van der Waals surface area (Å²) in [5, 5.41) is 1.99. The molecule has 1 atom stereocenters. The van der Waals surface area contributed by atoms with Crippen molar-refractivity contribution in [2.75, 3.05) is 19.9 Å². The highest BCUT2D eigenvalue weighted by atomic mass is 35.6. The van der Waals surface area contributed by atoms with Crippen LogP contribution in [0.3, 0.4) is 0 Å². The second-order valence-corrected chi connectivity index (χ2v) is 7.50. The fraction of sp³-hybridized carbons (Fsp3) is 0.875. The number of rotatable bonds is 7. The minimum absolute atomic E-state index is 0.0139. The van der Waals surface area contributed by atoms with Crippen LogP contribution >= 0.6 is 42.4 Å². The van der Waals surface area contributed by atoms with Crippen molar-refractivity contribution in [3.8, 4) is 0 Å². The Morgan fingerprint density at radius 1 is 1.33 bits per heavy atom. The van der Waals surface area contributed by atoms with Crippen LogP contribution in [-0.4, -0.2) is 35.4 Å². The summed E-state index contributed by atoms with van der Waals surface area (Å²) in [5.74, 6) is -2.66. The van der Waals surface area contributed by atoms with Gasteiger partial charge in [0.05, 0.1) is 13.2 Å². The van der Waals surface area contributed by atoms with Crippen molar-refractivity contribution < 1.29 is 22.8 Å². The average Bonchev–Trinajstić information content (AvgIpc) is 2.24. The van der Waals surface area contributed by atoms with Crippen LogP contribution in [0.4, 0.5) is 4.39 Å². The van der Waals surface area contributed by atoms with E-state index >= 15 is 0 Å². The number of nitrogens with one attached hydrogen (secondary N) is 1. The van der Waals surface area contributed by atoms with E-state index < -0.39 is 29.8 Å². The Labute approximate surface area is 120 Å². The summed E-state index contributed by atoms with van der Waals surface area (Å²) >= 11 is 16.9. The molecular weight excluding hydrogens is 330 g/mol. The first-order chi connectivity index (χ1) is 8.21. The lowest BCUT2D eigenvalue weighted by atomic mass is 10.6. The van der Waals surface area contributed by atoms with Gasteiger partial charge in [0.1, 0.15) is 0 Å². The number of carbonyl (C=O) groups is 1. The number of amides is 1. The fourth-order valence-electron chi connectivity index (χ4n) is 1.08. The lowest BCUT2D eigenvalue weighted by Gasteiger charge is -2.31. The Morgan fingerprint density at radius 3 is 2.06 bits per heavy atom. The molecule has 1 amide bonds. The highest BCUT2D eigenvalue weighted by molar-refractivity contribution is 7.55. The largest absolute Gasteiger partial charge is 0.357 e. The molecule has 108 valence electrons. The SMILES string of the molecule is CCOP(=O)(OCC)C(NC(=O)CF)C(Cl)(Cl)Cl. The van der Waals surface area contributed by atoms with Gasteiger partial charge in [-0.1, -0.05) is 34.8 Å². The van der Waals surface area contributed by atoms with E-state index in [2.05, 4.69) is 0 Å². The van der Waals surface area contributed by atoms with Gasteiger partial charge < -0.3 is 14.4 Å². The summed E-state index contributed by atoms with van der Waals surface area (Å²) in [7, 11) is -3.91. The molecule has 18 heavy (non-hydrogen) atoms. The van der Waals surface area contributed by atoms with Crippen LogP contribution in [0.5, 0.6) is 0 Å². The molecule has 1 N–H and O–H groups in total. The first-order valence-electron chi connectivity index (χ1n) is 5.02. The van der Waals surface area contributed by atoms with Gasteiger partial charge in [0, 0.05) is 0 Å². The predicted molar refractivity (Wildman–Crippen MR) is 69.1 cm³/mol. The molecule has 0 aromatic rings. The van der Waals surface area contributed by atoms with Crippen LogP contribution in [0.1, 0.15) is 13.8 Å².